The van der Waals surface area contributed by atoms with Gasteiger partial charge in [0.1, 0.15) is 0 Å². The zero-order valence-electron chi connectivity index (χ0n) is 9.67. The molecule has 0 aliphatic heterocycles. The van der Waals surface area contributed by atoms with Crippen molar-refractivity contribution in [2.45, 2.75) is 31.4 Å². The van der Waals surface area contributed by atoms with Crippen LogP contribution in [0.3, 0.4) is 0 Å². The molecule has 1 amide bonds. The molecule has 0 heterocycles. The van der Waals surface area contributed by atoms with Crippen LogP contribution in [0.5, 0.6) is 0 Å². The first-order valence-corrected chi connectivity index (χ1v) is 5.97. The van der Waals surface area contributed by atoms with Gasteiger partial charge >= 0.3 is 0 Å². The third-order valence-electron chi connectivity index (χ3n) is 3.03. The van der Waals surface area contributed by atoms with Crippen molar-refractivity contribution in [3.05, 3.63) is 42.0 Å². The first-order valence-electron chi connectivity index (χ1n) is 5.97. The molecule has 0 aromatic heterocycles. The highest BCUT2D eigenvalue weighted by molar-refractivity contribution is 5.91. The molecule has 0 radical (unpaired) electrons. The van der Waals surface area contributed by atoms with E-state index in [0.29, 0.717) is 0 Å². The van der Waals surface area contributed by atoms with Crippen LogP contribution in [-0.2, 0) is 4.79 Å². The van der Waals surface area contributed by atoms with Crippen LogP contribution >= 0.6 is 0 Å². The summed E-state index contributed by atoms with van der Waals surface area (Å²) in [4.78, 5) is 11.6. The number of aliphatic hydroxyl groups is 1. The lowest BCUT2D eigenvalue weighted by atomic mass is 10.2. The van der Waals surface area contributed by atoms with Crippen LogP contribution in [0.4, 0.5) is 0 Å². The van der Waals surface area contributed by atoms with Gasteiger partial charge in [0.05, 0.1) is 12.1 Å². The summed E-state index contributed by atoms with van der Waals surface area (Å²) in [6.07, 6.45) is 5.54. The minimum atomic E-state index is -0.385. The van der Waals surface area contributed by atoms with Crippen molar-refractivity contribution >= 4 is 12.0 Å². The van der Waals surface area contributed by atoms with Gasteiger partial charge in [-0.2, -0.15) is 0 Å². The first kappa shape index (κ1) is 11.9. The zero-order chi connectivity index (χ0) is 12.1. The van der Waals surface area contributed by atoms with Crippen molar-refractivity contribution < 1.29 is 9.90 Å². The third-order valence-corrected chi connectivity index (χ3v) is 3.03. The Kier molecular flexibility index (Phi) is 3.94. The van der Waals surface area contributed by atoms with Gasteiger partial charge in [0, 0.05) is 6.08 Å². The van der Waals surface area contributed by atoms with E-state index < -0.39 is 0 Å². The molecule has 1 aliphatic carbocycles. The molecule has 2 atom stereocenters. The fourth-order valence-electron chi connectivity index (χ4n) is 2.08. The summed E-state index contributed by atoms with van der Waals surface area (Å²) in [6, 6.07) is 9.59. The lowest BCUT2D eigenvalue weighted by Gasteiger charge is -2.14. The first-order chi connectivity index (χ1) is 8.25. The van der Waals surface area contributed by atoms with Crippen LogP contribution in [0.25, 0.3) is 6.08 Å². The Hall–Kier alpha value is -1.61. The molecule has 0 saturated heterocycles. The molecule has 1 fully saturated rings. The van der Waals surface area contributed by atoms with Crippen LogP contribution in [0.2, 0.25) is 0 Å². The molecule has 17 heavy (non-hydrogen) atoms. The van der Waals surface area contributed by atoms with E-state index in [-0.39, 0.29) is 18.1 Å². The van der Waals surface area contributed by atoms with Gasteiger partial charge in [-0.15, -0.1) is 0 Å². The van der Waals surface area contributed by atoms with E-state index in [1.54, 1.807) is 6.08 Å². The van der Waals surface area contributed by atoms with Crippen LogP contribution in [0, 0.1) is 0 Å². The lowest BCUT2D eigenvalue weighted by molar-refractivity contribution is -0.117. The molecule has 3 nitrogen and oxygen atoms in total. The Labute approximate surface area is 101 Å². The number of carbonyl (C=O) groups is 1. The minimum absolute atomic E-state index is 0.0806. The summed E-state index contributed by atoms with van der Waals surface area (Å²) in [5.74, 6) is -0.139. The molecule has 90 valence electrons. The monoisotopic (exact) mass is 231 g/mol. The Morgan fingerprint density at radius 2 is 2.06 bits per heavy atom. The molecule has 3 heteroatoms. The minimum Gasteiger partial charge on any atom is -0.391 e. The molecule has 0 unspecified atom stereocenters. The number of hydrogen-bond donors (Lipinski definition) is 2. The summed E-state index contributed by atoms with van der Waals surface area (Å²) >= 11 is 0. The maximum atomic E-state index is 11.6. The second-order valence-electron chi connectivity index (χ2n) is 4.36. The highest BCUT2D eigenvalue weighted by Gasteiger charge is 2.25. The quantitative estimate of drug-likeness (QED) is 0.778. The summed E-state index contributed by atoms with van der Waals surface area (Å²) in [6.45, 7) is 0. The molecule has 0 bridgehead atoms. The van der Waals surface area contributed by atoms with Crippen LogP contribution < -0.4 is 5.32 Å². The van der Waals surface area contributed by atoms with Crippen molar-refractivity contribution in [3.8, 4) is 0 Å². The summed E-state index contributed by atoms with van der Waals surface area (Å²) in [5, 5.41) is 12.4. The van der Waals surface area contributed by atoms with Crippen molar-refractivity contribution in [3.63, 3.8) is 0 Å². The number of hydrogen-bond acceptors (Lipinski definition) is 2. The number of amides is 1. The Balaban J connectivity index is 1.87. The fourth-order valence-corrected chi connectivity index (χ4v) is 2.08. The van der Waals surface area contributed by atoms with Crippen LogP contribution in [-0.4, -0.2) is 23.2 Å². The maximum Gasteiger partial charge on any atom is 0.244 e. The van der Waals surface area contributed by atoms with Gasteiger partial charge in [0.15, 0.2) is 0 Å². The molecule has 1 aliphatic rings. The topological polar surface area (TPSA) is 49.3 Å². The van der Waals surface area contributed by atoms with Gasteiger partial charge < -0.3 is 10.4 Å². The van der Waals surface area contributed by atoms with E-state index in [1.807, 2.05) is 30.3 Å². The van der Waals surface area contributed by atoms with Crippen LogP contribution in [0.1, 0.15) is 24.8 Å². The Bertz CT molecular complexity index is 400. The largest absolute Gasteiger partial charge is 0.391 e. The van der Waals surface area contributed by atoms with Crippen molar-refractivity contribution in [2.24, 2.45) is 0 Å². The lowest BCUT2D eigenvalue weighted by Crippen LogP contribution is -2.38. The van der Waals surface area contributed by atoms with Crippen molar-refractivity contribution in [2.75, 3.05) is 0 Å². The highest BCUT2D eigenvalue weighted by Crippen LogP contribution is 2.18. The second kappa shape index (κ2) is 5.64. The molecule has 1 saturated carbocycles. The predicted octanol–water partition coefficient (Wildman–Crippen LogP) is 1.73. The number of rotatable bonds is 3. The molecular weight excluding hydrogens is 214 g/mol. The average Bonchev–Trinajstić information content (AvgIpc) is 2.74. The van der Waals surface area contributed by atoms with Gasteiger partial charge in [-0.1, -0.05) is 30.3 Å². The summed E-state index contributed by atoms with van der Waals surface area (Å²) in [5.41, 5.74) is 0.995. The van der Waals surface area contributed by atoms with Gasteiger partial charge in [0.2, 0.25) is 5.91 Å². The molecule has 2 N–H and O–H groups in total. The molecular formula is C14H17NO2. The number of nitrogens with one attached hydrogen (secondary N) is 1. The van der Waals surface area contributed by atoms with E-state index in [9.17, 15) is 9.90 Å². The predicted molar refractivity (Wildman–Crippen MR) is 67.3 cm³/mol. The average molecular weight is 231 g/mol. The number of benzene rings is 1. The van der Waals surface area contributed by atoms with Crippen molar-refractivity contribution in [1.29, 1.82) is 0 Å². The van der Waals surface area contributed by atoms with Gasteiger partial charge in [0.25, 0.3) is 0 Å². The SMILES string of the molecule is O=C(/C=C/c1ccccc1)N[C@@H]1CCC[C@H]1O. The fraction of sp³-hybridized carbons (Fsp3) is 0.357. The third kappa shape index (κ3) is 3.43. The number of carbonyl (C=O) groups excluding carboxylic acids is 1. The van der Waals surface area contributed by atoms with E-state index in [4.69, 9.17) is 0 Å². The maximum absolute atomic E-state index is 11.6. The van der Waals surface area contributed by atoms with Gasteiger partial charge in [-0.05, 0) is 30.9 Å². The van der Waals surface area contributed by atoms with E-state index in [2.05, 4.69) is 5.32 Å². The van der Waals surface area contributed by atoms with E-state index in [0.717, 1.165) is 24.8 Å². The van der Waals surface area contributed by atoms with Crippen molar-refractivity contribution in [1.82, 2.24) is 5.32 Å². The normalized spacial score (nSPS) is 24.1. The summed E-state index contributed by atoms with van der Waals surface area (Å²) in [7, 11) is 0. The standard InChI is InChI=1S/C14H17NO2/c16-13-8-4-7-12(13)15-14(17)10-9-11-5-2-1-3-6-11/h1-3,5-6,9-10,12-13,16H,4,7-8H2,(H,15,17)/b10-9+/t12-,13-/m1/s1. The van der Waals surface area contributed by atoms with Gasteiger partial charge in [-0.3, -0.25) is 4.79 Å². The summed E-state index contributed by atoms with van der Waals surface area (Å²) < 4.78 is 0. The Morgan fingerprint density at radius 1 is 1.29 bits per heavy atom. The smallest absolute Gasteiger partial charge is 0.244 e. The molecule has 1 aromatic rings. The van der Waals surface area contributed by atoms with Crippen LogP contribution in [0.15, 0.2) is 36.4 Å². The molecule has 2 rings (SSSR count). The molecule has 0 spiro atoms. The Morgan fingerprint density at radius 3 is 2.71 bits per heavy atom. The second-order valence-corrected chi connectivity index (χ2v) is 4.36. The van der Waals surface area contributed by atoms with E-state index in [1.165, 1.54) is 6.08 Å². The highest BCUT2D eigenvalue weighted by atomic mass is 16.3. The van der Waals surface area contributed by atoms with Gasteiger partial charge in [-0.25, -0.2) is 0 Å². The van der Waals surface area contributed by atoms with E-state index >= 15 is 0 Å². The zero-order valence-corrected chi connectivity index (χ0v) is 9.67. The number of aliphatic hydroxyl groups excluding tert-OH is 1. The molecule has 1 aromatic carbocycles.